The highest BCUT2D eigenvalue weighted by Crippen LogP contribution is 2.40. The summed E-state index contributed by atoms with van der Waals surface area (Å²) in [4.78, 5) is 12.5. The lowest BCUT2D eigenvalue weighted by atomic mass is 10.1. The summed E-state index contributed by atoms with van der Waals surface area (Å²) in [5, 5.41) is 2.84. The number of nitrogens with one attached hydrogen (secondary N) is 1. The number of ether oxygens (including phenoxy) is 4. The van der Waals surface area contributed by atoms with Gasteiger partial charge in [-0.05, 0) is 11.6 Å². The number of amides is 1. The highest BCUT2D eigenvalue weighted by atomic mass is 16.5. The highest BCUT2D eigenvalue weighted by molar-refractivity contribution is 5.95. The van der Waals surface area contributed by atoms with E-state index in [0.717, 1.165) is 11.3 Å². The average Bonchev–Trinajstić information content (AvgIpc) is 3.05. The Morgan fingerprint density at radius 1 is 1.08 bits per heavy atom. The number of methoxy groups -OCH3 is 3. The van der Waals surface area contributed by atoms with Crippen LogP contribution in [-0.4, -0.2) is 33.3 Å². The maximum Gasteiger partial charge on any atom is 0.265 e. The standard InChI is InChI=1S/C18H19NO5/c1-21-14-9-12(10-15(22-2)17(14)23-3)19-18(20)16-8-11-6-4-5-7-13(11)24-16/h4-7,9-10,16H,8H2,1-3H3,(H,19,20). The van der Waals surface area contributed by atoms with Gasteiger partial charge in [0.15, 0.2) is 17.6 Å². The molecule has 1 atom stereocenters. The van der Waals surface area contributed by atoms with E-state index in [-0.39, 0.29) is 5.91 Å². The number of anilines is 1. The number of benzene rings is 2. The van der Waals surface area contributed by atoms with Crippen LogP contribution in [0.2, 0.25) is 0 Å². The van der Waals surface area contributed by atoms with Crippen molar-refractivity contribution in [3.63, 3.8) is 0 Å². The molecule has 0 saturated carbocycles. The molecular weight excluding hydrogens is 310 g/mol. The van der Waals surface area contributed by atoms with Crippen LogP contribution in [-0.2, 0) is 11.2 Å². The van der Waals surface area contributed by atoms with Gasteiger partial charge in [-0.3, -0.25) is 4.79 Å². The van der Waals surface area contributed by atoms with Crippen LogP contribution in [0.15, 0.2) is 36.4 Å². The molecule has 0 radical (unpaired) electrons. The maximum atomic E-state index is 12.5. The Hall–Kier alpha value is -2.89. The predicted molar refractivity (Wildman–Crippen MR) is 89.3 cm³/mol. The summed E-state index contributed by atoms with van der Waals surface area (Å²) in [7, 11) is 4.58. The molecule has 1 N–H and O–H groups in total. The number of rotatable bonds is 5. The van der Waals surface area contributed by atoms with Gasteiger partial charge in [0.05, 0.1) is 21.3 Å². The van der Waals surface area contributed by atoms with Crippen molar-refractivity contribution in [3.05, 3.63) is 42.0 Å². The first-order valence-electron chi connectivity index (χ1n) is 7.51. The third-order valence-corrected chi connectivity index (χ3v) is 3.87. The van der Waals surface area contributed by atoms with E-state index >= 15 is 0 Å². The zero-order valence-corrected chi connectivity index (χ0v) is 13.8. The molecule has 1 heterocycles. The van der Waals surface area contributed by atoms with Crippen molar-refractivity contribution in [1.29, 1.82) is 0 Å². The smallest absolute Gasteiger partial charge is 0.265 e. The summed E-state index contributed by atoms with van der Waals surface area (Å²) in [6.45, 7) is 0. The normalized spacial score (nSPS) is 15.2. The van der Waals surface area contributed by atoms with Crippen molar-refractivity contribution >= 4 is 11.6 Å². The second kappa shape index (κ2) is 6.70. The Morgan fingerprint density at radius 2 is 1.75 bits per heavy atom. The fraction of sp³-hybridized carbons (Fsp3) is 0.278. The van der Waals surface area contributed by atoms with Crippen molar-refractivity contribution in [3.8, 4) is 23.0 Å². The van der Waals surface area contributed by atoms with Gasteiger partial charge in [0.25, 0.3) is 5.91 Å². The van der Waals surface area contributed by atoms with Crippen LogP contribution in [0.3, 0.4) is 0 Å². The van der Waals surface area contributed by atoms with Gasteiger partial charge in [-0.1, -0.05) is 18.2 Å². The Kier molecular flexibility index (Phi) is 4.46. The minimum atomic E-state index is -0.554. The monoisotopic (exact) mass is 329 g/mol. The average molecular weight is 329 g/mol. The summed E-state index contributed by atoms with van der Waals surface area (Å²) < 4.78 is 21.6. The molecule has 1 aliphatic rings. The van der Waals surface area contributed by atoms with E-state index in [2.05, 4.69) is 5.32 Å². The molecule has 0 fully saturated rings. The first-order chi connectivity index (χ1) is 11.7. The number of carbonyl (C=O) groups excluding carboxylic acids is 1. The SMILES string of the molecule is COc1cc(NC(=O)C2Cc3ccccc3O2)cc(OC)c1OC. The van der Waals surface area contributed by atoms with Gasteiger partial charge >= 0.3 is 0 Å². The quantitative estimate of drug-likeness (QED) is 0.913. The maximum absolute atomic E-state index is 12.5. The van der Waals surface area contributed by atoms with Crippen LogP contribution in [0.4, 0.5) is 5.69 Å². The molecule has 1 amide bonds. The molecule has 6 heteroatoms. The summed E-state index contributed by atoms with van der Waals surface area (Å²) in [6.07, 6.45) is -0.00613. The van der Waals surface area contributed by atoms with Crippen LogP contribution in [0.25, 0.3) is 0 Å². The highest BCUT2D eigenvalue weighted by Gasteiger charge is 2.29. The summed E-state index contributed by atoms with van der Waals surface area (Å²) in [5.74, 6) is 1.95. The zero-order valence-electron chi connectivity index (χ0n) is 13.8. The molecule has 0 aliphatic carbocycles. The van der Waals surface area contributed by atoms with Crippen molar-refractivity contribution in [2.45, 2.75) is 12.5 Å². The van der Waals surface area contributed by atoms with Gasteiger partial charge in [-0.2, -0.15) is 0 Å². The van der Waals surface area contributed by atoms with E-state index in [9.17, 15) is 4.79 Å². The second-order valence-electron chi connectivity index (χ2n) is 5.32. The van der Waals surface area contributed by atoms with E-state index in [1.54, 1.807) is 12.1 Å². The molecule has 0 saturated heterocycles. The first kappa shape index (κ1) is 16.0. The van der Waals surface area contributed by atoms with Crippen molar-refractivity contribution in [2.75, 3.05) is 26.6 Å². The molecule has 2 aromatic rings. The third-order valence-electron chi connectivity index (χ3n) is 3.87. The molecule has 6 nitrogen and oxygen atoms in total. The minimum absolute atomic E-state index is 0.222. The van der Waals surface area contributed by atoms with Crippen LogP contribution in [0, 0.1) is 0 Å². The zero-order chi connectivity index (χ0) is 17.1. The lowest BCUT2D eigenvalue weighted by molar-refractivity contribution is -0.122. The largest absolute Gasteiger partial charge is 0.493 e. The predicted octanol–water partition coefficient (Wildman–Crippen LogP) is 2.65. The second-order valence-corrected chi connectivity index (χ2v) is 5.32. The van der Waals surface area contributed by atoms with Crippen molar-refractivity contribution in [1.82, 2.24) is 0 Å². The van der Waals surface area contributed by atoms with Crippen molar-refractivity contribution in [2.24, 2.45) is 0 Å². The molecule has 126 valence electrons. The fourth-order valence-electron chi connectivity index (χ4n) is 2.70. The summed E-state index contributed by atoms with van der Waals surface area (Å²) in [6, 6.07) is 11.0. The minimum Gasteiger partial charge on any atom is -0.493 e. The van der Waals surface area contributed by atoms with E-state index in [1.807, 2.05) is 24.3 Å². The van der Waals surface area contributed by atoms with Crippen LogP contribution >= 0.6 is 0 Å². The molecule has 0 bridgehead atoms. The molecule has 1 unspecified atom stereocenters. The van der Waals surface area contributed by atoms with Gasteiger partial charge in [-0.25, -0.2) is 0 Å². The van der Waals surface area contributed by atoms with E-state index in [1.165, 1.54) is 21.3 Å². The molecular formula is C18H19NO5. The van der Waals surface area contributed by atoms with E-state index < -0.39 is 6.10 Å². The number of hydrogen-bond donors (Lipinski definition) is 1. The molecule has 3 rings (SSSR count). The van der Waals surface area contributed by atoms with Gasteiger partial charge in [0, 0.05) is 24.2 Å². The Bertz CT molecular complexity index is 709. The van der Waals surface area contributed by atoms with E-state index in [4.69, 9.17) is 18.9 Å². The number of hydrogen-bond acceptors (Lipinski definition) is 5. The molecule has 0 spiro atoms. The van der Waals surface area contributed by atoms with Crippen LogP contribution in [0.1, 0.15) is 5.56 Å². The molecule has 24 heavy (non-hydrogen) atoms. The first-order valence-corrected chi connectivity index (χ1v) is 7.51. The number of carbonyl (C=O) groups is 1. The fourth-order valence-corrected chi connectivity index (χ4v) is 2.70. The van der Waals surface area contributed by atoms with Gasteiger partial charge in [0.2, 0.25) is 5.75 Å². The Morgan fingerprint density at radius 3 is 2.33 bits per heavy atom. The molecule has 1 aliphatic heterocycles. The molecule has 0 aromatic heterocycles. The van der Waals surface area contributed by atoms with Crippen LogP contribution < -0.4 is 24.3 Å². The van der Waals surface area contributed by atoms with Gasteiger partial charge in [0.1, 0.15) is 5.75 Å². The Balaban J connectivity index is 1.78. The van der Waals surface area contributed by atoms with E-state index in [0.29, 0.717) is 29.4 Å². The lowest BCUT2D eigenvalue weighted by Crippen LogP contribution is -2.31. The van der Waals surface area contributed by atoms with Crippen molar-refractivity contribution < 1.29 is 23.7 Å². The number of fused-ring (bicyclic) bond motifs is 1. The third kappa shape index (κ3) is 2.95. The van der Waals surface area contributed by atoms with Crippen LogP contribution in [0.5, 0.6) is 23.0 Å². The molecule has 2 aromatic carbocycles. The Labute approximate surface area is 140 Å². The summed E-state index contributed by atoms with van der Waals surface area (Å²) in [5.41, 5.74) is 1.58. The number of para-hydroxylation sites is 1. The summed E-state index contributed by atoms with van der Waals surface area (Å²) >= 11 is 0. The topological polar surface area (TPSA) is 66.0 Å². The van der Waals surface area contributed by atoms with Gasteiger partial charge in [-0.15, -0.1) is 0 Å². The van der Waals surface area contributed by atoms with Gasteiger partial charge < -0.3 is 24.3 Å². The lowest BCUT2D eigenvalue weighted by Gasteiger charge is -2.16.